The highest BCUT2D eigenvalue weighted by atomic mass is 31.2. The van der Waals surface area contributed by atoms with Crippen molar-refractivity contribution in [1.29, 1.82) is 0 Å². The minimum Gasteiger partial charge on any atom is -0.349 e. The zero-order valence-electron chi connectivity index (χ0n) is 18.9. The van der Waals surface area contributed by atoms with Crippen molar-refractivity contribution in [3.8, 4) is 0 Å². The second-order valence-corrected chi connectivity index (χ2v) is 10.5. The van der Waals surface area contributed by atoms with Crippen LogP contribution in [-0.4, -0.2) is 51.4 Å². The predicted octanol–water partition coefficient (Wildman–Crippen LogP) is 2.37. The van der Waals surface area contributed by atoms with E-state index in [1.165, 1.54) is 13.1 Å². The molecule has 1 aliphatic heterocycles. The van der Waals surface area contributed by atoms with E-state index < -0.39 is 51.9 Å². The largest absolute Gasteiger partial charge is 0.472 e. The van der Waals surface area contributed by atoms with Crippen molar-refractivity contribution in [2.45, 2.75) is 71.3 Å². The number of ether oxygens (including phenoxy) is 1. The van der Waals surface area contributed by atoms with Gasteiger partial charge in [-0.3, -0.25) is 32.4 Å². The fraction of sp³-hybridized carbons (Fsp3) is 0.778. The third kappa shape index (κ3) is 8.86. The van der Waals surface area contributed by atoms with E-state index in [0.717, 1.165) is 17.4 Å². The van der Waals surface area contributed by atoms with E-state index in [4.69, 9.17) is 22.8 Å². The molecule has 1 saturated heterocycles. The Morgan fingerprint density at radius 1 is 1.09 bits per heavy atom. The standard InChI is InChI=1S/C18H32N2O11P2/c1-4-6-8-27-32(23,24)29-12-15-14(31-33(25,26)28-9-7-5-2)10-16(30-15)20-11-13(3)17(21)19-18(20)22/h11,14-16H,4-10,12H2,1-3H3,(H,23,24)(H,25,26)(H,19,21,22). The number of phosphoric ester groups is 2. The summed E-state index contributed by atoms with van der Waals surface area (Å²) in [7, 11) is -8.89. The van der Waals surface area contributed by atoms with Crippen molar-refractivity contribution >= 4 is 15.6 Å². The van der Waals surface area contributed by atoms with Crippen LogP contribution < -0.4 is 11.2 Å². The zero-order valence-corrected chi connectivity index (χ0v) is 20.7. The first-order chi connectivity index (χ1) is 15.5. The number of rotatable bonds is 14. The Labute approximate surface area is 191 Å². The molecule has 15 heteroatoms. The lowest BCUT2D eigenvalue weighted by Crippen LogP contribution is -2.33. The van der Waals surface area contributed by atoms with Gasteiger partial charge in [0.05, 0.1) is 19.8 Å². The molecule has 0 spiro atoms. The summed E-state index contributed by atoms with van der Waals surface area (Å²) in [6, 6.07) is 0. The van der Waals surface area contributed by atoms with Gasteiger partial charge in [-0.05, 0) is 19.8 Å². The van der Waals surface area contributed by atoms with Gasteiger partial charge in [0, 0.05) is 18.2 Å². The van der Waals surface area contributed by atoms with Crippen molar-refractivity contribution in [3.05, 3.63) is 32.6 Å². The summed E-state index contributed by atoms with van der Waals surface area (Å²) in [5.41, 5.74) is -1.06. The molecule has 0 aliphatic carbocycles. The van der Waals surface area contributed by atoms with Crippen molar-refractivity contribution < 1.29 is 41.7 Å². The van der Waals surface area contributed by atoms with Gasteiger partial charge in [0.15, 0.2) is 0 Å². The molecule has 5 unspecified atom stereocenters. The molecular weight excluding hydrogens is 482 g/mol. The molecule has 2 rings (SSSR count). The van der Waals surface area contributed by atoms with Gasteiger partial charge in [-0.1, -0.05) is 26.7 Å². The highest BCUT2D eigenvalue weighted by Crippen LogP contribution is 2.49. The normalized spacial score (nSPS) is 24.5. The highest BCUT2D eigenvalue weighted by Gasteiger charge is 2.43. The molecule has 1 fully saturated rings. The van der Waals surface area contributed by atoms with Gasteiger partial charge < -0.3 is 14.5 Å². The maximum atomic E-state index is 12.3. The monoisotopic (exact) mass is 514 g/mol. The molecule has 1 aromatic rings. The molecule has 33 heavy (non-hydrogen) atoms. The van der Waals surface area contributed by atoms with Crippen LogP contribution in [0.1, 0.15) is 57.7 Å². The molecule has 0 radical (unpaired) electrons. The molecule has 5 atom stereocenters. The first-order valence-corrected chi connectivity index (χ1v) is 13.7. The predicted molar refractivity (Wildman–Crippen MR) is 117 cm³/mol. The number of aromatic amines is 1. The van der Waals surface area contributed by atoms with E-state index >= 15 is 0 Å². The minimum absolute atomic E-state index is 0.00185. The second kappa shape index (κ2) is 12.5. The number of aromatic nitrogens is 2. The van der Waals surface area contributed by atoms with E-state index in [-0.39, 0.29) is 25.2 Å². The molecule has 13 nitrogen and oxygen atoms in total. The van der Waals surface area contributed by atoms with Gasteiger partial charge in [0.25, 0.3) is 5.56 Å². The summed E-state index contributed by atoms with van der Waals surface area (Å²) in [6.07, 6.45) is 0.547. The SMILES string of the molecule is CCCCOP(=O)(O)OCC1OC(n2cc(C)c(=O)[nH]c2=O)CC1OP(=O)(O)OCCCC. The first-order valence-electron chi connectivity index (χ1n) is 10.7. The Morgan fingerprint density at radius 2 is 1.70 bits per heavy atom. The molecule has 1 aromatic heterocycles. The summed E-state index contributed by atoms with van der Waals surface area (Å²) in [6.45, 7) is 4.76. The average Bonchev–Trinajstić information content (AvgIpc) is 3.11. The van der Waals surface area contributed by atoms with E-state index in [9.17, 15) is 28.5 Å². The van der Waals surface area contributed by atoms with Gasteiger partial charge in [0.1, 0.15) is 18.4 Å². The van der Waals surface area contributed by atoms with Crippen LogP contribution in [0.15, 0.2) is 15.8 Å². The number of nitrogens with one attached hydrogen (secondary N) is 1. The van der Waals surface area contributed by atoms with Crippen LogP contribution in [0.25, 0.3) is 0 Å². The summed E-state index contributed by atoms with van der Waals surface area (Å²) >= 11 is 0. The number of aryl methyl sites for hydroxylation is 1. The second-order valence-electron chi connectivity index (χ2n) is 7.59. The molecule has 3 N–H and O–H groups in total. The van der Waals surface area contributed by atoms with Crippen LogP contribution in [0.4, 0.5) is 0 Å². The lowest BCUT2D eigenvalue weighted by atomic mass is 10.2. The van der Waals surface area contributed by atoms with Gasteiger partial charge in [-0.25, -0.2) is 13.9 Å². The van der Waals surface area contributed by atoms with E-state index in [1.54, 1.807) is 0 Å². The maximum Gasteiger partial charge on any atom is 0.472 e. The number of phosphoric acid groups is 2. The molecule has 0 saturated carbocycles. The fourth-order valence-electron chi connectivity index (χ4n) is 2.99. The van der Waals surface area contributed by atoms with E-state index in [0.29, 0.717) is 12.8 Å². The Kier molecular flexibility index (Phi) is 10.7. The number of H-pyrrole nitrogens is 1. The number of nitrogens with zero attached hydrogens (tertiary/aromatic N) is 1. The minimum atomic E-state index is -4.49. The quantitative estimate of drug-likeness (QED) is 0.245. The summed E-state index contributed by atoms with van der Waals surface area (Å²) in [4.78, 5) is 45.9. The number of unbranched alkanes of at least 4 members (excludes halogenated alkanes) is 2. The molecular formula is C18H32N2O11P2. The van der Waals surface area contributed by atoms with Crippen LogP contribution >= 0.6 is 15.6 Å². The Hall–Kier alpha value is -1.14. The molecule has 0 aromatic carbocycles. The number of hydrogen-bond donors (Lipinski definition) is 3. The van der Waals surface area contributed by atoms with Crippen LogP contribution in [-0.2, 0) is 32.0 Å². The van der Waals surface area contributed by atoms with Crippen LogP contribution in [0.2, 0.25) is 0 Å². The first kappa shape index (κ1) is 28.1. The Morgan fingerprint density at radius 3 is 2.30 bits per heavy atom. The average molecular weight is 514 g/mol. The van der Waals surface area contributed by atoms with Crippen LogP contribution in [0.5, 0.6) is 0 Å². The van der Waals surface area contributed by atoms with Crippen LogP contribution in [0, 0.1) is 6.92 Å². The topological polar surface area (TPSA) is 176 Å². The maximum absolute atomic E-state index is 12.3. The zero-order chi connectivity index (χ0) is 24.6. The highest BCUT2D eigenvalue weighted by molar-refractivity contribution is 7.47. The smallest absolute Gasteiger partial charge is 0.349 e. The number of hydrogen-bond acceptors (Lipinski definition) is 9. The van der Waals surface area contributed by atoms with Crippen molar-refractivity contribution in [3.63, 3.8) is 0 Å². The molecule has 1 aliphatic rings. The van der Waals surface area contributed by atoms with E-state index in [1.807, 2.05) is 13.8 Å². The Bertz CT molecular complexity index is 979. The van der Waals surface area contributed by atoms with Gasteiger partial charge in [-0.15, -0.1) is 0 Å². The third-order valence-electron chi connectivity index (χ3n) is 4.81. The van der Waals surface area contributed by atoms with Crippen molar-refractivity contribution in [1.82, 2.24) is 9.55 Å². The molecule has 2 heterocycles. The lowest BCUT2D eigenvalue weighted by Gasteiger charge is -2.22. The lowest BCUT2D eigenvalue weighted by molar-refractivity contribution is -0.0469. The van der Waals surface area contributed by atoms with Gasteiger partial charge in [-0.2, -0.15) is 0 Å². The molecule has 0 amide bonds. The summed E-state index contributed by atoms with van der Waals surface area (Å²) in [5, 5.41) is 0. The van der Waals surface area contributed by atoms with Gasteiger partial charge in [0.2, 0.25) is 0 Å². The fourth-order valence-corrected chi connectivity index (χ4v) is 4.74. The van der Waals surface area contributed by atoms with E-state index in [2.05, 4.69) is 4.98 Å². The third-order valence-corrected chi connectivity index (χ3v) is 6.84. The molecule has 0 bridgehead atoms. The summed E-state index contributed by atoms with van der Waals surface area (Å²) in [5.74, 6) is 0. The van der Waals surface area contributed by atoms with Crippen LogP contribution in [0.3, 0.4) is 0 Å². The summed E-state index contributed by atoms with van der Waals surface area (Å²) < 4.78 is 51.3. The Balaban J connectivity index is 2.17. The van der Waals surface area contributed by atoms with Gasteiger partial charge >= 0.3 is 21.3 Å². The van der Waals surface area contributed by atoms with Crippen molar-refractivity contribution in [2.24, 2.45) is 0 Å². The van der Waals surface area contributed by atoms with Crippen molar-refractivity contribution in [2.75, 3.05) is 19.8 Å². The molecule has 190 valence electrons.